The van der Waals surface area contributed by atoms with Crippen LogP contribution in [0.25, 0.3) is 0 Å². The van der Waals surface area contributed by atoms with E-state index in [2.05, 4.69) is 0 Å². The van der Waals surface area contributed by atoms with E-state index in [1.807, 2.05) is 6.07 Å². The Kier molecular flexibility index (Phi) is 6.44. The zero-order valence-corrected chi connectivity index (χ0v) is 10.7. The van der Waals surface area contributed by atoms with Crippen LogP contribution in [0.1, 0.15) is 27.2 Å². The van der Waals surface area contributed by atoms with Crippen molar-refractivity contribution in [2.24, 2.45) is 11.3 Å². The van der Waals surface area contributed by atoms with Crippen LogP contribution < -0.4 is 0 Å². The maximum absolute atomic E-state index is 11.6. The zero-order valence-electron chi connectivity index (χ0n) is 10.7. The Morgan fingerprint density at radius 1 is 1.22 bits per heavy atom. The molecule has 0 bridgehead atoms. The summed E-state index contributed by atoms with van der Waals surface area (Å²) in [5.74, 6) is -2.73. The van der Waals surface area contributed by atoms with Gasteiger partial charge in [-0.25, -0.2) is 0 Å². The van der Waals surface area contributed by atoms with Gasteiger partial charge >= 0.3 is 11.9 Å². The second-order valence-corrected chi connectivity index (χ2v) is 3.83. The number of esters is 2. The molecule has 18 heavy (non-hydrogen) atoms. The van der Waals surface area contributed by atoms with Crippen molar-refractivity contribution >= 4 is 11.9 Å². The van der Waals surface area contributed by atoms with E-state index in [0.29, 0.717) is 0 Å². The van der Waals surface area contributed by atoms with Gasteiger partial charge in [-0.15, -0.1) is 0 Å². The minimum Gasteiger partial charge on any atom is -0.466 e. The second-order valence-electron chi connectivity index (χ2n) is 3.83. The Bertz CT molecular complexity index is 394. The van der Waals surface area contributed by atoms with E-state index in [1.165, 1.54) is 6.92 Å². The van der Waals surface area contributed by atoms with Crippen LogP contribution in [0.4, 0.5) is 0 Å². The first-order valence-corrected chi connectivity index (χ1v) is 5.58. The maximum atomic E-state index is 11.6. The molecule has 0 saturated carbocycles. The van der Waals surface area contributed by atoms with Crippen molar-refractivity contribution in [3.8, 4) is 12.1 Å². The summed E-state index contributed by atoms with van der Waals surface area (Å²) in [7, 11) is 0. The van der Waals surface area contributed by atoms with E-state index in [0.717, 1.165) is 0 Å². The molecule has 0 N–H and O–H groups in total. The van der Waals surface area contributed by atoms with Crippen molar-refractivity contribution in [2.75, 3.05) is 13.2 Å². The summed E-state index contributed by atoms with van der Waals surface area (Å²) in [5.41, 5.74) is -1.45. The number of nitrogens with zero attached hydrogens (tertiary/aromatic N) is 2. The molecule has 2 atom stereocenters. The van der Waals surface area contributed by atoms with Gasteiger partial charge in [-0.2, -0.15) is 10.5 Å². The molecule has 0 aliphatic rings. The van der Waals surface area contributed by atoms with Gasteiger partial charge in [-0.05, 0) is 20.8 Å². The lowest BCUT2D eigenvalue weighted by Crippen LogP contribution is -2.35. The molecule has 0 aromatic heterocycles. The highest BCUT2D eigenvalue weighted by Crippen LogP contribution is 2.31. The lowest BCUT2D eigenvalue weighted by molar-refractivity contribution is -0.151. The van der Waals surface area contributed by atoms with Gasteiger partial charge in [0.15, 0.2) is 5.92 Å². The van der Waals surface area contributed by atoms with Gasteiger partial charge in [0, 0.05) is 0 Å². The van der Waals surface area contributed by atoms with E-state index in [-0.39, 0.29) is 19.6 Å². The topological polar surface area (TPSA) is 100 Å². The number of carbonyl (C=O) groups excluding carboxylic acids is 2. The van der Waals surface area contributed by atoms with Crippen LogP contribution in [-0.4, -0.2) is 25.2 Å². The number of hydrogen-bond donors (Lipinski definition) is 0. The molecule has 0 rings (SSSR count). The summed E-state index contributed by atoms with van der Waals surface area (Å²) in [5, 5.41) is 18.1. The minimum absolute atomic E-state index is 0.109. The van der Waals surface area contributed by atoms with Crippen molar-refractivity contribution < 1.29 is 19.1 Å². The third-order valence-electron chi connectivity index (χ3n) is 2.36. The number of hydrogen-bond acceptors (Lipinski definition) is 6. The van der Waals surface area contributed by atoms with Crippen LogP contribution in [0.15, 0.2) is 0 Å². The van der Waals surface area contributed by atoms with Crippen LogP contribution in [-0.2, 0) is 19.1 Å². The van der Waals surface area contributed by atoms with Gasteiger partial charge in [-0.1, -0.05) is 0 Å². The number of ether oxygens (including phenoxy) is 2. The molecule has 0 amide bonds. The quantitative estimate of drug-likeness (QED) is 0.658. The SMILES string of the molecule is CCOC(=O)CC(C)(C#N)C(C#N)C(=O)OCC. The molecule has 6 heteroatoms. The molecule has 0 heterocycles. The van der Waals surface area contributed by atoms with E-state index >= 15 is 0 Å². The summed E-state index contributed by atoms with van der Waals surface area (Å²) >= 11 is 0. The summed E-state index contributed by atoms with van der Waals surface area (Å²) in [4.78, 5) is 23.0. The van der Waals surface area contributed by atoms with Crippen molar-refractivity contribution in [1.29, 1.82) is 10.5 Å². The van der Waals surface area contributed by atoms with Gasteiger partial charge in [-0.3, -0.25) is 9.59 Å². The highest BCUT2D eigenvalue weighted by Gasteiger charge is 2.43. The monoisotopic (exact) mass is 252 g/mol. The molecule has 0 radical (unpaired) electrons. The minimum atomic E-state index is -1.45. The first-order chi connectivity index (χ1) is 8.45. The summed E-state index contributed by atoms with van der Waals surface area (Å²) in [6.07, 6.45) is -0.325. The van der Waals surface area contributed by atoms with Gasteiger partial charge < -0.3 is 9.47 Å². The Balaban J connectivity index is 5.01. The summed E-state index contributed by atoms with van der Waals surface area (Å²) in [6, 6.07) is 3.55. The van der Waals surface area contributed by atoms with Gasteiger partial charge in [0.1, 0.15) is 0 Å². The Hall–Kier alpha value is -2.08. The number of nitriles is 2. The largest absolute Gasteiger partial charge is 0.466 e. The average molecular weight is 252 g/mol. The van der Waals surface area contributed by atoms with E-state index in [1.54, 1.807) is 19.9 Å². The van der Waals surface area contributed by atoms with Gasteiger partial charge in [0.25, 0.3) is 0 Å². The molecule has 0 aliphatic carbocycles. The molecular formula is C12H16N2O4. The highest BCUT2D eigenvalue weighted by molar-refractivity contribution is 5.79. The van der Waals surface area contributed by atoms with Crippen LogP contribution in [0.5, 0.6) is 0 Å². The lowest BCUT2D eigenvalue weighted by Gasteiger charge is -2.23. The fraction of sp³-hybridized carbons (Fsp3) is 0.667. The van der Waals surface area contributed by atoms with Crippen molar-refractivity contribution in [2.45, 2.75) is 27.2 Å². The fourth-order valence-electron chi connectivity index (χ4n) is 1.40. The average Bonchev–Trinajstić information content (AvgIpc) is 2.30. The third-order valence-corrected chi connectivity index (χ3v) is 2.36. The standard InChI is InChI=1S/C12H16N2O4/c1-4-17-10(15)6-12(3,8-14)9(7-13)11(16)18-5-2/h9H,4-6H2,1-3H3. The third kappa shape index (κ3) is 4.06. The van der Waals surface area contributed by atoms with Crippen LogP contribution in [0, 0.1) is 34.0 Å². The first kappa shape index (κ1) is 15.9. The molecule has 6 nitrogen and oxygen atoms in total. The van der Waals surface area contributed by atoms with Gasteiger partial charge in [0.05, 0.1) is 37.2 Å². The summed E-state index contributed by atoms with van der Waals surface area (Å²) < 4.78 is 9.44. The zero-order chi connectivity index (χ0) is 14.2. The highest BCUT2D eigenvalue weighted by atomic mass is 16.5. The Labute approximate surface area is 106 Å². The Morgan fingerprint density at radius 2 is 1.78 bits per heavy atom. The molecule has 0 aromatic rings. The van der Waals surface area contributed by atoms with Gasteiger partial charge in [0.2, 0.25) is 0 Å². The molecule has 0 saturated heterocycles. The lowest BCUT2D eigenvalue weighted by atomic mass is 9.76. The maximum Gasteiger partial charge on any atom is 0.324 e. The predicted molar refractivity (Wildman–Crippen MR) is 60.7 cm³/mol. The van der Waals surface area contributed by atoms with Crippen molar-refractivity contribution in [1.82, 2.24) is 0 Å². The van der Waals surface area contributed by atoms with Crippen LogP contribution in [0.3, 0.4) is 0 Å². The molecule has 0 aromatic carbocycles. The number of carbonyl (C=O) groups is 2. The molecule has 0 spiro atoms. The van der Waals surface area contributed by atoms with E-state index < -0.39 is 23.3 Å². The molecule has 0 fully saturated rings. The number of rotatable bonds is 6. The first-order valence-electron chi connectivity index (χ1n) is 5.58. The van der Waals surface area contributed by atoms with Crippen molar-refractivity contribution in [3.63, 3.8) is 0 Å². The second kappa shape index (κ2) is 7.29. The Morgan fingerprint density at radius 3 is 2.17 bits per heavy atom. The molecule has 98 valence electrons. The van der Waals surface area contributed by atoms with E-state index in [4.69, 9.17) is 20.0 Å². The smallest absolute Gasteiger partial charge is 0.324 e. The van der Waals surface area contributed by atoms with Crippen LogP contribution >= 0.6 is 0 Å². The molecule has 0 aliphatic heterocycles. The molecule has 2 unspecified atom stereocenters. The fourth-order valence-corrected chi connectivity index (χ4v) is 1.40. The normalized spacial score (nSPS) is 14.5. The van der Waals surface area contributed by atoms with Crippen molar-refractivity contribution in [3.05, 3.63) is 0 Å². The molecular weight excluding hydrogens is 236 g/mol. The predicted octanol–water partition coefficient (Wildman–Crippen LogP) is 1.17. The summed E-state index contributed by atoms with van der Waals surface area (Å²) in [6.45, 7) is 4.89. The van der Waals surface area contributed by atoms with Crippen LogP contribution in [0.2, 0.25) is 0 Å². The van der Waals surface area contributed by atoms with E-state index in [9.17, 15) is 9.59 Å².